The molecule has 0 fully saturated rings. The summed E-state index contributed by atoms with van der Waals surface area (Å²) in [6, 6.07) is 16.2. The molecule has 1 aromatic heterocycles. The van der Waals surface area contributed by atoms with Gasteiger partial charge >= 0.3 is 6.03 Å². The maximum atomic E-state index is 13.0. The minimum Gasteiger partial charge on any atom is -0.326 e. The highest BCUT2D eigenvalue weighted by molar-refractivity contribution is 7.18. The molecule has 0 spiro atoms. The fraction of sp³-hybridized carbons (Fsp3) is 0.304. The molecule has 0 aliphatic heterocycles. The number of aromatic nitrogens is 2. The van der Waals surface area contributed by atoms with Crippen molar-refractivity contribution in [2.75, 3.05) is 10.6 Å². The number of hydrogen-bond donors (Lipinski definition) is 3. The van der Waals surface area contributed by atoms with E-state index < -0.39 is 12.1 Å². The Morgan fingerprint density at radius 2 is 1.68 bits per heavy atom. The predicted molar refractivity (Wildman–Crippen MR) is 125 cm³/mol. The zero-order valence-corrected chi connectivity index (χ0v) is 18.7. The first-order chi connectivity index (χ1) is 15.0. The molecule has 0 aliphatic carbocycles. The highest BCUT2D eigenvalue weighted by Gasteiger charge is 2.27. The van der Waals surface area contributed by atoms with E-state index in [0.29, 0.717) is 5.13 Å². The summed E-state index contributed by atoms with van der Waals surface area (Å²) in [4.78, 5) is 25.6. The molecule has 162 valence electrons. The number of urea groups is 1. The SMILES string of the molecule is CCc1ccccc1NC(=O)NC(C(=O)Nc1nnc(-c2ccccc2)s1)C(C)CC. The first-order valence-electron chi connectivity index (χ1n) is 10.4. The Balaban J connectivity index is 1.68. The molecular formula is C23H27N5O2S. The van der Waals surface area contributed by atoms with Gasteiger partial charge in [0, 0.05) is 11.3 Å². The lowest BCUT2D eigenvalue weighted by Gasteiger charge is -2.23. The van der Waals surface area contributed by atoms with E-state index in [4.69, 9.17) is 0 Å². The summed E-state index contributed by atoms with van der Waals surface area (Å²) in [6.45, 7) is 5.94. The zero-order chi connectivity index (χ0) is 22.2. The van der Waals surface area contributed by atoms with E-state index in [0.717, 1.165) is 34.7 Å². The average molecular weight is 438 g/mol. The summed E-state index contributed by atoms with van der Waals surface area (Å²) in [5.41, 5.74) is 2.71. The number of nitrogens with one attached hydrogen (secondary N) is 3. The number of benzene rings is 2. The van der Waals surface area contributed by atoms with Gasteiger partial charge in [0.05, 0.1) is 0 Å². The molecule has 2 unspecified atom stereocenters. The summed E-state index contributed by atoms with van der Waals surface area (Å²) < 4.78 is 0. The van der Waals surface area contributed by atoms with Gasteiger partial charge in [-0.2, -0.15) is 0 Å². The number of rotatable bonds is 8. The van der Waals surface area contributed by atoms with E-state index in [1.165, 1.54) is 11.3 Å². The van der Waals surface area contributed by atoms with Gasteiger partial charge in [0.2, 0.25) is 11.0 Å². The third-order valence-electron chi connectivity index (χ3n) is 5.10. The lowest BCUT2D eigenvalue weighted by atomic mass is 9.98. The molecule has 0 bridgehead atoms. The molecule has 3 aromatic rings. The van der Waals surface area contributed by atoms with Crippen LogP contribution < -0.4 is 16.0 Å². The van der Waals surface area contributed by atoms with E-state index in [-0.39, 0.29) is 11.8 Å². The first-order valence-corrected chi connectivity index (χ1v) is 11.2. The van der Waals surface area contributed by atoms with Crippen molar-refractivity contribution < 1.29 is 9.59 Å². The van der Waals surface area contributed by atoms with E-state index >= 15 is 0 Å². The second-order valence-corrected chi connectivity index (χ2v) is 8.22. The molecule has 8 heteroatoms. The van der Waals surface area contributed by atoms with Crippen LogP contribution in [0.1, 0.15) is 32.8 Å². The van der Waals surface area contributed by atoms with Gasteiger partial charge < -0.3 is 10.6 Å². The summed E-state index contributed by atoms with van der Waals surface area (Å²) in [7, 11) is 0. The molecule has 0 radical (unpaired) electrons. The fourth-order valence-corrected chi connectivity index (χ4v) is 3.86. The number of carbonyl (C=O) groups is 2. The molecule has 1 heterocycles. The molecule has 0 saturated heterocycles. The van der Waals surface area contributed by atoms with Crippen LogP contribution in [0, 0.1) is 5.92 Å². The molecule has 3 rings (SSSR count). The summed E-state index contributed by atoms with van der Waals surface area (Å²) in [6.07, 6.45) is 1.53. The van der Waals surface area contributed by atoms with Gasteiger partial charge in [0.25, 0.3) is 0 Å². The zero-order valence-electron chi connectivity index (χ0n) is 17.9. The standard InChI is InChI=1S/C23H27N5O2S/c1-4-15(3)19(25-22(30)24-18-14-10-9-11-16(18)5-2)20(29)26-23-28-27-21(31-23)17-12-7-6-8-13-17/h6-15,19H,4-5H2,1-3H3,(H2,24,25,30)(H,26,28,29). The Bertz CT molecular complexity index is 1020. The highest BCUT2D eigenvalue weighted by atomic mass is 32.1. The lowest BCUT2D eigenvalue weighted by molar-refractivity contribution is -0.119. The Kier molecular flexibility index (Phi) is 7.72. The van der Waals surface area contributed by atoms with E-state index in [1.807, 2.05) is 75.4 Å². The van der Waals surface area contributed by atoms with Gasteiger partial charge in [-0.3, -0.25) is 10.1 Å². The first kappa shape index (κ1) is 22.4. The van der Waals surface area contributed by atoms with Gasteiger partial charge in [-0.1, -0.05) is 87.1 Å². The highest BCUT2D eigenvalue weighted by Crippen LogP contribution is 2.26. The van der Waals surface area contributed by atoms with Gasteiger partial charge in [-0.25, -0.2) is 4.79 Å². The third-order valence-corrected chi connectivity index (χ3v) is 5.99. The number of aryl methyl sites for hydroxylation is 1. The Morgan fingerprint density at radius 3 is 2.39 bits per heavy atom. The van der Waals surface area contributed by atoms with Crippen molar-refractivity contribution >= 4 is 34.1 Å². The summed E-state index contributed by atoms with van der Waals surface area (Å²) in [5, 5.41) is 17.8. The second-order valence-electron chi connectivity index (χ2n) is 7.24. The Labute approximate surface area is 186 Å². The Hall–Kier alpha value is -3.26. The summed E-state index contributed by atoms with van der Waals surface area (Å²) in [5.74, 6) is -0.377. The van der Waals surface area contributed by atoms with E-state index in [9.17, 15) is 9.59 Å². The molecule has 0 saturated carbocycles. The van der Waals surface area contributed by atoms with E-state index in [1.54, 1.807) is 0 Å². The van der Waals surface area contributed by atoms with Crippen LogP contribution in [0.25, 0.3) is 10.6 Å². The summed E-state index contributed by atoms with van der Waals surface area (Å²) >= 11 is 1.29. The maximum absolute atomic E-state index is 13.0. The predicted octanol–water partition coefficient (Wildman–Crippen LogP) is 4.94. The van der Waals surface area contributed by atoms with Crippen LogP contribution in [-0.4, -0.2) is 28.2 Å². The molecule has 3 amide bonds. The van der Waals surface area contributed by atoms with Crippen LogP contribution in [0.15, 0.2) is 54.6 Å². The minimum absolute atomic E-state index is 0.0614. The van der Waals surface area contributed by atoms with Crippen LogP contribution in [0.4, 0.5) is 15.6 Å². The smallest absolute Gasteiger partial charge is 0.319 e. The van der Waals surface area contributed by atoms with Crippen LogP contribution >= 0.6 is 11.3 Å². The van der Waals surface area contributed by atoms with Crippen molar-refractivity contribution in [1.82, 2.24) is 15.5 Å². The molecule has 3 N–H and O–H groups in total. The van der Waals surface area contributed by atoms with Crippen molar-refractivity contribution in [2.45, 2.75) is 39.7 Å². The van der Waals surface area contributed by atoms with Crippen molar-refractivity contribution in [2.24, 2.45) is 5.92 Å². The van der Waals surface area contributed by atoms with Crippen LogP contribution in [-0.2, 0) is 11.2 Å². The molecule has 2 atom stereocenters. The van der Waals surface area contributed by atoms with Gasteiger partial charge in [0.15, 0.2) is 0 Å². The molecular weight excluding hydrogens is 410 g/mol. The van der Waals surface area contributed by atoms with Crippen LogP contribution in [0.3, 0.4) is 0 Å². The quantitative estimate of drug-likeness (QED) is 0.465. The second kappa shape index (κ2) is 10.7. The largest absolute Gasteiger partial charge is 0.326 e. The third kappa shape index (κ3) is 5.88. The topological polar surface area (TPSA) is 96.0 Å². The van der Waals surface area contributed by atoms with Gasteiger partial charge in [-0.05, 0) is 24.0 Å². The number of nitrogens with zero attached hydrogens (tertiary/aromatic N) is 2. The number of amides is 3. The fourth-order valence-electron chi connectivity index (χ4n) is 3.11. The number of anilines is 2. The molecule has 2 aromatic carbocycles. The average Bonchev–Trinajstić information content (AvgIpc) is 3.26. The van der Waals surface area contributed by atoms with Gasteiger partial charge in [0.1, 0.15) is 11.0 Å². The van der Waals surface area contributed by atoms with Crippen molar-refractivity contribution in [1.29, 1.82) is 0 Å². The van der Waals surface area contributed by atoms with Crippen LogP contribution in [0.2, 0.25) is 0 Å². The Morgan fingerprint density at radius 1 is 0.968 bits per heavy atom. The van der Waals surface area contributed by atoms with Gasteiger partial charge in [-0.15, -0.1) is 10.2 Å². The van der Waals surface area contributed by atoms with Crippen molar-refractivity contribution in [3.63, 3.8) is 0 Å². The number of carbonyl (C=O) groups excluding carboxylic acids is 2. The minimum atomic E-state index is -0.706. The molecule has 31 heavy (non-hydrogen) atoms. The normalized spacial score (nSPS) is 12.6. The number of hydrogen-bond acceptors (Lipinski definition) is 5. The van der Waals surface area contributed by atoms with Crippen molar-refractivity contribution in [3.8, 4) is 10.6 Å². The van der Waals surface area contributed by atoms with Crippen LogP contribution in [0.5, 0.6) is 0 Å². The monoisotopic (exact) mass is 437 g/mol. The maximum Gasteiger partial charge on any atom is 0.319 e. The van der Waals surface area contributed by atoms with Crippen molar-refractivity contribution in [3.05, 3.63) is 60.2 Å². The lowest BCUT2D eigenvalue weighted by Crippen LogP contribution is -2.49. The van der Waals surface area contributed by atoms with E-state index in [2.05, 4.69) is 26.1 Å². The number of para-hydroxylation sites is 1. The molecule has 0 aliphatic rings. The molecule has 7 nitrogen and oxygen atoms in total.